The van der Waals surface area contributed by atoms with Crippen molar-refractivity contribution < 1.29 is 14.0 Å². The van der Waals surface area contributed by atoms with Crippen molar-refractivity contribution in [2.24, 2.45) is 0 Å². The molecule has 1 aliphatic heterocycles. The molecule has 0 aromatic rings. The third-order valence-electron chi connectivity index (χ3n) is 3.86. The van der Waals surface area contributed by atoms with Crippen molar-refractivity contribution >= 4 is 7.12 Å². The maximum Gasteiger partial charge on any atom is 0.461 e. The van der Waals surface area contributed by atoms with Crippen LogP contribution in [0.15, 0.2) is 0 Å². The van der Waals surface area contributed by atoms with Crippen LogP contribution in [-0.4, -0.2) is 58.6 Å². The molecular weight excluding hydrogens is 205 g/mol. The Morgan fingerprint density at radius 3 is 2.44 bits per heavy atom. The fraction of sp³-hybridized carbons (Fsp3) is 1.00. The second kappa shape index (κ2) is 6.01. The van der Waals surface area contributed by atoms with E-state index in [1.54, 1.807) is 14.2 Å². The Morgan fingerprint density at radius 1 is 1.12 bits per heavy atom. The fourth-order valence-electron chi connectivity index (χ4n) is 3.09. The van der Waals surface area contributed by atoms with Crippen LogP contribution in [0.25, 0.3) is 0 Å². The maximum absolute atomic E-state index is 5.42. The second-order valence-electron chi connectivity index (χ2n) is 4.65. The first-order valence-corrected chi connectivity index (χ1v) is 6.24. The van der Waals surface area contributed by atoms with Gasteiger partial charge in [0.25, 0.3) is 0 Å². The van der Waals surface area contributed by atoms with Crippen LogP contribution in [0.5, 0.6) is 0 Å². The van der Waals surface area contributed by atoms with E-state index in [9.17, 15) is 0 Å². The number of rotatable bonds is 4. The SMILES string of the molecule is COB(OC)[C@@H]1CCC[C@H]1N1CCOCC1. The normalized spacial score (nSPS) is 31.9. The molecule has 0 amide bonds. The lowest BCUT2D eigenvalue weighted by atomic mass is 9.68. The van der Waals surface area contributed by atoms with Gasteiger partial charge in [-0.3, -0.25) is 4.90 Å². The van der Waals surface area contributed by atoms with Crippen molar-refractivity contribution in [1.82, 2.24) is 4.90 Å². The third-order valence-corrected chi connectivity index (χ3v) is 3.86. The molecule has 1 saturated carbocycles. The minimum atomic E-state index is -0.0460. The van der Waals surface area contributed by atoms with Gasteiger partial charge in [0.1, 0.15) is 0 Å². The molecule has 16 heavy (non-hydrogen) atoms. The summed E-state index contributed by atoms with van der Waals surface area (Å²) in [7, 11) is 3.43. The van der Waals surface area contributed by atoms with Crippen LogP contribution in [0.4, 0.5) is 0 Å². The minimum absolute atomic E-state index is 0.0460. The van der Waals surface area contributed by atoms with Gasteiger partial charge in [0.15, 0.2) is 0 Å². The average molecular weight is 227 g/mol. The van der Waals surface area contributed by atoms with Gasteiger partial charge in [-0.25, -0.2) is 0 Å². The zero-order chi connectivity index (χ0) is 11.4. The molecule has 2 aliphatic rings. The Labute approximate surface area is 98.4 Å². The Kier molecular flexibility index (Phi) is 4.64. The van der Waals surface area contributed by atoms with E-state index in [2.05, 4.69) is 4.90 Å². The zero-order valence-corrected chi connectivity index (χ0v) is 10.4. The van der Waals surface area contributed by atoms with Gasteiger partial charge in [-0.15, -0.1) is 0 Å². The summed E-state index contributed by atoms with van der Waals surface area (Å²) in [6, 6.07) is 0.619. The van der Waals surface area contributed by atoms with Crippen LogP contribution < -0.4 is 0 Å². The molecule has 0 N–H and O–H groups in total. The standard InChI is InChI=1S/C11H22BNO3/c1-14-12(15-2)10-4-3-5-11(10)13-6-8-16-9-7-13/h10-11H,3-9H2,1-2H3/t10-,11-/m1/s1. The molecule has 2 fully saturated rings. The largest absolute Gasteiger partial charge is 0.461 e. The molecule has 0 aromatic heterocycles. The molecule has 0 unspecified atom stereocenters. The minimum Gasteiger partial charge on any atom is -0.414 e. The van der Waals surface area contributed by atoms with Gasteiger partial charge in [0, 0.05) is 39.2 Å². The zero-order valence-electron chi connectivity index (χ0n) is 10.4. The van der Waals surface area contributed by atoms with E-state index < -0.39 is 0 Å². The van der Waals surface area contributed by atoms with Crippen LogP contribution in [-0.2, 0) is 14.0 Å². The van der Waals surface area contributed by atoms with Crippen LogP contribution in [0.3, 0.4) is 0 Å². The summed E-state index contributed by atoms with van der Waals surface area (Å²) in [5.41, 5.74) is 0. The van der Waals surface area contributed by atoms with Crippen molar-refractivity contribution in [1.29, 1.82) is 0 Å². The van der Waals surface area contributed by atoms with Gasteiger partial charge in [-0.2, -0.15) is 0 Å². The molecule has 4 nitrogen and oxygen atoms in total. The van der Waals surface area contributed by atoms with E-state index in [0.717, 1.165) is 26.3 Å². The summed E-state index contributed by atoms with van der Waals surface area (Å²) >= 11 is 0. The summed E-state index contributed by atoms with van der Waals surface area (Å²) in [5.74, 6) is 0.521. The summed E-state index contributed by atoms with van der Waals surface area (Å²) in [5, 5.41) is 0. The number of ether oxygens (including phenoxy) is 1. The van der Waals surface area contributed by atoms with Crippen LogP contribution in [0.2, 0.25) is 5.82 Å². The highest BCUT2D eigenvalue weighted by Gasteiger charge is 2.41. The molecule has 1 saturated heterocycles. The van der Waals surface area contributed by atoms with Crippen molar-refractivity contribution in [3.63, 3.8) is 0 Å². The van der Waals surface area contributed by atoms with E-state index in [4.69, 9.17) is 14.0 Å². The summed E-state index contributed by atoms with van der Waals surface area (Å²) in [4.78, 5) is 2.55. The van der Waals surface area contributed by atoms with E-state index in [1.807, 2.05) is 0 Å². The van der Waals surface area contributed by atoms with E-state index >= 15 is 0 Å². The topological polar surface area (TPSA) is 30.9 Å². The van der Waals surface area contributed by atoms with Crippen LogP contribution >= 0.6 is 0 Å². The second-order valence-corrected chi connectivity index (χ2v) is 4.65. The molecule has 0 spiro atoms. The first kappa shape index (κ1) is 12.4. The summed E-state index contributed by atoms with van der Waals surface area (Å²) in [6.45, 7) is 3.85. The summed E-state index contributed by atoms with van der Waals surface area (Å²) in [6.07, 6.45) is 3.78. The van der Waals surface area contributed by atoms with E-state index in [1.165, 1.54) is 19.3 Å². The molecule has 1 heterocycles. The lowest BCUT2D eigenvalue weighted by Crippen LogP contribution is -2.47. The Morgan fingerprint density at radius 2 is 1.81 bits per heavy atom. The van der Waals surface area contributed by atoms with Gasteiger partial charge < -0.3 is 14.0 Å². The highest BCUT2D eigenvalue weighted by molar-refractivity contribution is 6.46. The smallest absolute Gasteiger partial charge is 0.414 e. The number of hydrogen-bond donors (Lipinski definition) is 0. The lowest BCUT2D eigenvalue weighted by Gasteiger charge is -2.36. The lowest BCUT2D eigenvalue weighted by molar-refractivity contribution is 0.0159. The molecule has 2 atom stereocenters. The van der Waals surface area contributed by atoms with Crippen molar-refractivity contribution in [3.8, 4) is 0 Å². The highest BCUT2D eigenvalue weighted by atomic mass is 16.6. The molecule has 2 rings (SSSR count). The predicted molar refractivity (Wildman–Crippen MR) is 63.6 cm³/mol. The van der Waals surface area contributed by atoms with Crippen molar-refractivity contribution in [3.05, 3.63) is 0 Å². The van der Waals surface area contributed by atoms with Gasteiger partial charge in [0.05, 0.1) is 13.2 Å². The van der Waals surface area contributed by atoms with Crippen molar-refractivity contribution in [2.45, 2.75) is 31.1 Å². The molecule has 0 aromatic carbocycles. The molecule has 92 valence electrons. The quantitative estimate of drug-likeness (QED) is 0.671. The van der Waals surface area contributed by atoms with Gasteiger partial charge in [0.2, 0.25) is 0 Å². The number of morpholine rings is 1. The van der Waals surface area contributed by atoms with Gasteiger partial charge >= 0.3 is 7.12 Å². The average Bonchev–Trinajstić information content (AvgIpc) is 2.81. The van der Waals surface area contributed by atoms with Gasteiger partial charge in [-0.05, 0) is 6.42 Å². The fourth-order valence-corrected chi connectivity index (χ4v) is 3.09. The van der Waals surface area contributed by atoms with Gasteiger partial charge in [-0.1, -0.05) is 12.8 Å². The third kappa shape index (κ3) is 2.59. The first-order chi connectivity index (χ1) is 7.86. The molecule has 0 radical (unpaired) electrons. The van der Waals surface area contributed by atoms with Crippen LogP contribution in [0.1, 0.15) is 19.3 Å². The molecule has 0 bridgehead atoms. The Hall–Kier alpha value is -0.0951. The molecule has 5 heteroatoms. The predicted octanol–water partition coefficient (Wildman–Crippen LogP) is 1.02. The highest BCUT2D eigenvalue weighted by Crippen LogP contribution is 2.37. The molecule has 1 aliphatic carbocycles. The molecular formula is C11H22BNO3. The van der Waals surface area contributed by atoms with Crippen LogP contribution in [0, 0.1) is 0 Å². The first-order valence-electron chi connectivity index (χ1n) is 6.24. The Bertz CT molecular complexity index is 207. The number of nitrogens with zero attached hydrogens (tertiary/aromatic N) is 1. The van der Waals surface area contributed by atoms with Crippen molar-refractivity contribution in [2.75, 3.05) is 40.5 Å². The monoisotopic (exact) mass is 227 g/mol. The summed E-state index contributed by atoms with van der Waals surface area (Å²) < 4.78 is 16.3. The maximum atomic E-state index is 5.42. The number of hydrogen-bond acceptors (Lipinski definition) is 4. The van der Waals surface area contributed by atoms with E-state index in [0.29, 0.717) is 11.9 Å². The Balaban J connectivity index is 1.96. The van der Waals surface area contributed by atoms with E-state index in [-0.39, 0.29) is 7.12 Å².